The van der Waals surface area contributed by atoms with Crippen molar-refractivity contribution in [2.75, 3.05) is 13.1 Å². The molecule has 3 aliphatic rings. The molecule has 5 rings (SSSR count). The fraction of sp³-hybridized carbons (Fsp3) is 0.353. The van der Waals surface area contributed by atoms with Crippen molar-refractivity contribution in [2.45, 2.75) is 12.2 Å². The maximum Gasteiger partial charge on any atom is 0.253 e. The molecule has 6 nitrogen and oxygen atoms in total. The first-order valence-corrected chi connectivity index (χ1v) is 7.89. The quantitative estimate of drug-likeness (QED) is 0.785. The molecule has 0 N–H and O–H groups in total. The van der Waals surface area contributed by atoms with E-state index in [1.807, 2.05) is 29.2 Å². The number of hydrogen-bond acceptors (Lipinski definition) is 4. The van der Waals surface area contributed by atoms with Gasteiger partial charge in [0.05, 0.1) is 30.3 Å². The van der Waals surface area contributed by atoms with Crippen LogP contribution in [0.5, 0.6) is 0 Å². The minimum atomic E-state index is 0.101. The highest BCUT2D eigenvalue weighted by atomic mass is 16.5. The molecule has 4 atom stereocenters. The van der Waals surface area contributed by atoms with Gasteiger partial charge in [-0.1, -0.05) is 17.4 Å². The van der Waals surface area contributed by atoms with Crippen molar-refractivity contribution in [3.05, 3.63) is 54.4 Å². The first-order valence-electron chi connectivity index (χ1n) is 7.89. The Bertz CT molecular complexity index is 748. The molecule has 2 fully saturated rings. The SMILES string of the molecule is O=C(c1ccc(-n2ccnn2)cc1)N1CC2C3C=CC(O3)C2C1. The number of hydrogen-bond donors (Lipinski definition) is 0. The minimum Gasteiger partial charge on any atom is -0.366 e. The van der Waals surface area contributed by atoms with Crippen molar-refractivity contribution in [3.63, 3.8) is 0 Å². The molecule has 0 aliphatic carbocycles. The summed E-state index contributed by atoms with van der Waals surface area (Å²) in [7, 11) is 0. The molecule has 1 aromatic heterocycles. The van der Waals surface area contributed by atoms with Gasteiger partial charge < -0.3 is 9.64 Å². The molecule has 3 aliphatic heterocycles. The number of nitrogens with zero attached hydrogens (tertiary/aromatic N) is 4. The van der Waals surface area contributed by atoms with E-state index in [0.717, 1.165) is 24.3 Å². The number of benzene rings is 1. The number of fused-ring (bicyclic) bond motifs is 5. The zero-order valence-electron chi connectivity index (χ0n) is 12.4. The molecule has 0 radical (unpaired) electrons. The number of likely N-dealkylation sites (tertiary alicyclic amines) is 1. The van der Waals surface area contributed by atoms with Crippen LogP contribution >= 0.6 is 0 Å². The zero-order valence-corrected chi connectivity index (χ0v) is 12.4. The second kappa shape index (κ2) is 4.76. The van der Waals surface area contributed by atoms with Crippen LogP contribution in [-0.4, -0.2) is 51.1 Å². The van der Waals surface area contributed by atoms with Crippen LogP contribution in [0.3, 0.4) is 0 Å². The van der Waals surface area contributed by atoms with Gasteiger partial charge in [0.25, 0.3) is 5.91 Å². The lowest BCUT2D eigenvalue weighted by molar-refractivity contribution is 0.0656. The van der Waals surface area contributed by atoms with E-state index in [9.17, 15) is 4.79 Å². The van der Waals surface area contributed by atoms with E-state index in [1.165, 1.54) is 0 Å². The van der Waals surface area contributed by atoms with Gasteiger partial charge in [0.1, 0.15) is 0 Å². The van der Waals surface area contributed by atoms with E-state index in [-0.39, 0.29) is 18.1 Å². The van der Waals surface area contributed by atoms with Crippen LogP contribution in [0.1, 0.15) is 10.4 Å². The van der Waals surface area contributed by atoms with Gasteiger partial charge in [-0.15, -0.1) is 5.10 Å². The number of ether oxygens (including phenoxy) is 1. The Morgan fingerprint density at radius 1 is 1.09 bits per heavy atom. The van der Waals surface area contributed by atoms with Gasteiger partial charge in [0.2, 0.25) is 0 Å². The molecule has 0 spiro atoms. The summed E-state index contributed by atoms with van der Waals surface area (Å²) in [5.74, 6) is 1.02. The fourth-order valence-corrected chi connectivity index (χ4v) is 3.98. The van der Waals surface area contributed by atoms with Gasteiger partial charge in [-0.3, -0.25) is 4.79 Å². The van der Waals surface area contributed by atoms with Crippen LogP contribution < -0.4 is 0 Å². The molecule has 1 amide bonds. The van der Waals surface area contributed by atoms with E-state index < -0.39 is 0 Å². The third kappa shape index (κ3) is 1.95. The van der Waals surface area contributed by atoms with Gasteiger partial charge in [-0.2, -0.15) is 0 Å². The van der Waals surface area contributed by atoms with Gasteiger partial charge >= 0.3 is 0 Å². The lowest BCUT2D eigenvalue weighted by Gasteiger charge is -2.19. The predicted octanol–water partition coefficient (Wildman–Crippen LogP) is 1.29. The normalized spacial score (nSPS) is 30.9. The van der Waals surface area contributed by atoms with Crippen LogP contribution in [0.25, 0.3) is 5.69 Å². The van der Waals surface area contributed by atoms with E-state index in [2.05, 4.69) is 22.5 Å². The van der Waals surface area contributed by atoms with Gasteiger partial charge in [0, 0.05) is 30.5 Å². The van der Waals surface area contributed by atoms with Crippen LogP contribution in [0.15, 0.2) is 48.8 Å². The zero-order chi connectivity index (χ0) is 15.4. The van der Waals surface area contributed by atoms with E-state index in [1.54, 1.807) is 17.1 Å². The van der Waals surface area contributed by atoms with Crippen LogP contribution in [0.4, 0.5) is 0 Å². The van der Waals surface area contributed by atoms with Crippen LogP contribution in [0, 0.1) is 11.8 Å². The standard InChI is InChI=1S/C17H16N4O2/c22-17(11-1-3-12(4-2-11)21-8-7-18-19-21)20-9-13-14(10-20)16-6-5-15(13)23-16/h1-8,13-16H,9-10H2. The largest absolute Gasteiger partial charge is 0.366 e. The molecular formula is C17H16N4O2. The minimum absolute atomic E-state index is 0.101. The Balaban J connectivity index is 1.34. The van der Waals surface area contributed by atoms with Gasteiger partial charge in [-0.05, 0) is 24.3 Å². The smallest absolute Gasteiger partial charge is 0.253 e. The highest BCUT2D eigenvalue weighted by Gasteiger charge is 2.51. The highest BCUT2D eigenvalue weighted by Crippen LogP contribution is 2.43. The summed E-state index contributed by atoms with van der Waals surface area (Å²) in [5.41, 5.74) is 1.61. The molecule has 0 saturated carbocycles. The second-order valence-corrected chi connectivity index (χ2v) is 6.38. The van der Waals surface area contributed by atoms with Crippen molar-refractivity contribution in [1.29, 1.82) is 0 Å². The van der Waals surface area contributed by atoms with Crippen LogP contribution in [-0.2, 0) is 4.74 Å². The first-order chi connectivity index (χ1) is 11.3. The lowest BCUT2D eigenvalue weighted by Crippen LogP contribution is -2.31. The van der Waals surface area contributed by atoms with E-state index >= 15 is 0 Å². The van der Waals surface area contributed by atoms with Gasteiger partial charge in [0.15, 0.2) is 0 Å². The topological polar surface area (TPSA) is 60.2 Å². The van der Waals surface area contributed by atoms with Crippen molar-refractivity contribution < 1.29 is 9.53 Å². The Hall–Kier alpha value is -2.47. The Morgan fingerprint density at radius 3 is 2.39 bits per heavy atom. The summed E-state index contributed by atoms with van der Waals surface area (Å²) in [4.78, 5) is 14.7. The molecular weight excluding hydrogens is 292 g/mol. The molecule has 23 heavy (non-hydrogen) atoms. The molecule has 2 saturated heterocycles. The van der Waals surface area contributed by atoms with Crippen molar-refractivity contribution in [3.8, 4) is 5.69 Å². The summed E-state index contributed by atoms with van der Waals surface area (Å²) in [5, 5.41) is 7.74. The summed E-state index contributed by atoms with van der Waals surface area (Å²) < 4.78 is 7.54. The highest BCUT2D eigenvalue weighted by molar-refractivity contribution is 5.94. The molecule has 116 valence electrons. The number of carbonyl (C=O) groups excluding carboxylic acids is 1. The van der Waals surface area contributed by atoms with E-state index in [0.29, 0.717) is 11.8 Å². The molecule has 1 aromatic carbocycles. The summed E-state index contributed by atoms with van der Waals surface area (Å²) in [6, 6.07) is 7.51. The molecule has 2 aromatic rings. The summed E-state index contributed by atoms with van der Waals surface area (Å²) in [6.07, 6.45) is 8.11. The molecule has 2 bridgehead atoms. The average Bonchev–Trinajstić information content (AvgIpc) is 3.36. The number of aromatic nitrogens is 3. The van der Waals surface area contributed by atoms with Crippen molar-refractivity contribution in [1.82, 2.24) is 19.9 Å². The monoisotopic (exact) mass is 308 g/mol. The Labute approximate surface area is 133 Å². The maximum absolute atomic E-state index is 12.7. The number of carbonyl (C=O) groups is 1. The average molecular weight is 308 g/mol. The third-order valence-electron chi connectivity index (χ3n) is 5.15. The summed E-state index contributed by atoms with van der Waals surface area (Å²) >= 11 is 0. The second-order valence-electron chi connectivity index (χ2n) is 6.38. The maximum atomic E-state index is 12.7. The van der Waals surface area contributed by atoms with E-state index in [4.69, 9.17) is 4.74 Å². The fourth-order valence-electron chi connectivity index (χ4n) is 3.98. The number of amides is 1. The summed E-state index contributed by atoms with van der Waals surface area (Å²) in [6.45, 7) is 1.58. The first kappa shape index (κ1) is 13.0. The predicted molar refractivity (Wildman–Crippen MR) is 82.0 cm³/mol. The Kier molecular flexibility index (Phi) is 2.69. The molecule has 6 heteroatoms. The van der Waals surface area contributed by atoms with Crippen LogP contribution in [0.2, 0.25) is 0 Å². The lowest BCUT2D eigenvalue weighted by atomic mass is 9.86. The van der Waals surface area contributed by atoms with Gasteiger partial charge in [-0.25, -0.2) is 4.68 Å². The van der Waals surface area contributed by atoms with Crippen molar-refractivity contribution in [2.24, 2.45) is 11.8 Å². The van der Waals surface area contributed by atoms with Crippen molar-refractivity contribution >= 4 is 5.91 Å². The number of rotatable bonds is 2. The molecule has 4 heterocycles. The third-order valence-corrected chi connectivity index (χ3v) is 5.15. The molecule has 4 unspecified atom stereocenters. The Morgan fingerprint density at radius 2 is 1.78 bits per heavy atom.